The molecule has 38 heavy (non-hydrogen) atoms. The third-order valence-electron chi connectivity index (χ3n) is 8.15. The van der Waals surface area contributed by atoms with Crippen LogP contribution in [-0.4, -0.2) is 52.3 Å². The molecule has 0 aromatic heterocycles. The Kier molecular flexibility index (Phi) is 10.5. The van der Waals surface area contributed by atoms with Crippen LogP contribution in [0.1, 0.15) is 49.7 Å². The lowest BCUT2D eigenvalue weighted by Crippen LogP contribution is -3.12. The highest BCUT2D eigenvalue weighted by Gasteiger charge is 2.26. The Bertz CT molecular complexity index is 1030. The van der Waals surface area contributed by atoms with E-state index in [2.05, 4.69) is 18.2 Å². The summed E-state index contributed by atoms with van der Waals surface area (Å²) in [5, 5.41) is 1.27. The van der Waals surface area contributed by atoms with Crippen molar-refractivity contribution < 1.29 is 28.9 Å². The SMILES string of the molecule is COC(=O)CC1CC[NH+](Cc2cc(C[NH+]3CCC(CC(=O)OC)CC3)cc(-c3cc(Cl)cc(Cl)c3)c2)CC1. The summed E-state index contributed by atoms with van der Waals surface area (Å²) in [5.74, 6) is 0.639. The van der Waals surface area contributed by atoms with Crippen molar-refractivity contribution in [2.45, 2.75) is 51.6 Å². The second-order valence-electron chi connectivity index (χ2n) is 11.0. The van der Waals surface area contributed by atoms with Gasteiger partial charge in [0.05, 0.1) is 40.4 Å². The van der Waals surface area contributed by atoms with Gasteiger partial charge in [0.25, 0.3) is 0 Å². The predicted octanol–water partition coefficient (Wildman–Crippen LogP) is 3.38. The summed E-state index contributed by atoms with van der Waals surface area (Å²) in [5.41, 5.74) is 4.80. The minimum absolute atomic E-state index is 0.104. The molecule has 2 aliphatic rings. The molecule has 4 rings (SSSR count). The van der Waals surface area contributed by atoms with Gasteiger partial charge < -0.3 is 19.3 Å². The molecular weight excluding hydrogens is 523 g/mol. The number of ether oxygens (including phenoxy) is 2. The molecule has 2 heterocycles. The summed E-state index contributed by atoms with van der Waals surface area (Å²) in [7, 11) is 2.93. The van der Waals surface area contributed by atoms with Gasteiger partial charge in [-0.15, -0.1) is 0 Å². The van der Waals surface area contributed by atoms with Gasteiger partial charge in [0.1, 0.15) is 13.1 Å². The smallest absolute Gasteiger partial charge is 0.305 e. The number of hydrogen-bond acceptors (Lipinski definition) is 4. The minimum atomic E-state index is -0.104. The minimum Gasteiger partial charge on any atom is -0.469 e. The zero-order chi connectivity index (χ0) is 27.1. The molecule has 2 fully saturated rings. The summed E-state index contributed by atoms with van der Waals surface area (Å²) in [6.07, 6.45) is 5.24. The van der Waals surface area contributed by atoms with E-state index in [0.717, 1.165) is 76.1 Å². The van der Waals surface area contributed by atoms with Crippen molar-refractivity contribution in [2.24, 2.45) is 11.8 Å². The molecule has 0 spiro atoms. The van der Waals surface area contributed by atoms with Crippen LogP contribution in [0, 0.1) is 11.8 Å². The lowest BCUT2D eigenvalue weighted by Gasteiger charge is -2.30. The number of benzene rings is 2. The Morgan fingerprint density at radius 3 is 1.47 bits per heavy atom. The summed E-state index contributed by atoms with van der Waals surface area (Å²) >= 11 is 12.7. The van der Waals surface area contributed by atoms with Gasteiger partial charge in [-0.2, -0.15) is 0 Å². The molecule has 206 valence electrons. The topological polar surface area (TPSA) is 61.5 Å². The molecular formula is C30H40Cl2N2O4+2. The van der Waals surface area contributed by atoms with Crippen molar-refractivity contribution in [2.75, 3.05) is 40.4 Å². The fourth-order valence-electron chi connectivity index (χ4n) is 6.00. The summed E-state index contributed by atoms with van der Waals surface area (Å²) in [6.45, 7) is 6.14. The number of halogens is 2. The first-order valence-electron chi connectivity index (χ1n) is 13.7. The number of carbonyl (C=O) groups is 2. The summed E-state index contributed by atoms with van der Waals surface area (Å²) in [6, 6.07) is 12.6. The lowest BCUT2D eigenvalue weighted by atomic mass is 9.92. The van der Waals surface area contributed by atoms with Gasteiger partial charge in [0, 0.05) is 59.7 Å². The molecule has 0 amide bonds. The first kappa shape index (κ1) is 28.9. The van der Waals surface area contributed by atoms with Gasteiger partial charge >= 0.3 is 11.9 Å². The summed E-state index contributed by atoms with van der Waals surface area (Å²) < 4.78 is 9.73. The molecule has 2 aromatic rings. The number of nitrogens with one attached hydrogen (secondary N) is 2. The Balaban J connectivity index is 1.46. The maximum absolute atomic E-state index is 11.7. The molecule has 2 N–H and O–H groups in total. The van der Waals surface area contributed by atoms with E-state index in [1.54, 1.807) is 15.9 Å². The van der Waals surface area contributed by atoms with Gasteiger partial charge in [-0.05, 0) is 59.4 Å². The molecule has 2 aromatic carbocycles. The normalized spacial score (nSPS) is 23.6. The van der Waals surface area contributed by atoms with E-state index < -0.39 is 0 Å². The average molecular weight is 564 g/mol. The zero-order valence-electron chi connectivity index (χ0n) is 22.5. The number of rotatable bonds is 9. The van der Waals surface area contributed by atoms with E-state index in [0.29, 0.717) is 34.7 Å². The molecule has 2 aliphatic heterocycles. The van der Waals surface area contributed by atoms with E-state index in [-0.39, 0.29) is 11.9 Å². The first-order valence-corrected chi connectivity index (χ1v) is 14.5. The Labute approximate surface area is 236 Å². The zero-order valence-corrected chi connectivity index (χ0v) is 24.0. The van der Waals surface area contributed by atoms with Crippen LogP contribution in [0.25, 0.3) is 11.1 Å². The van der Waals surface area contributed by atoms with Crippen molar-refractivity contribution in [3.8, 4) is 11.1 Å². The lowest BCUT2D eigenvalue weighted by molar-refractivity contribution is -0.920. The number of piperidine rings is 2. The van der Waals surface area contributed by atoms with Crippen molar-refractivity contribution in [1.29, 1.82) is 0 Å². The predicted molar refractivity (Wildman–Crippen MR) is 149 cm³/mol. The Morgan fingerprint density at radius 2 is 1.08 bits per heavy atom. The number of likely N-dealkylation sites (tertiary alicyclic amines) is 2. The number of quaternary nitrogens is 2. The van der Waals surface area contributed by atoms with E-state index in [1.807, 2.05) is 12.1 Å². The first-order chi connectivity index (χ1) is 18.3. The standard InChI is InChI=1S/C30H38Cl2N2O4/c1-37-29(35)14-21-3-7-33(8-4-21)19-23-11-24(13-25(12-23)26-16-27(31)18-28(32)17-26)20-34-9-5-22(6-10-34)15-30(36)38-2/h11-13,16-18,21-22H,3-10,14-15,19-20H2,1-2H3/p+2. The number of esters is 2. The maximum Gasteiger partial charge on any atom is 0.305 e. The van der Waals surface area contributed by atoms with Gasteiger partial charge in [0.2, 0.25) is 0 Å². The van der Waals surface area contributed by atoms with Crippen LogP contribution >= 0.6 is 23.2 Å². The van der Waals surface area contributed by atoms with Crippen LogP contribution in [-0.2, 0) is 32.2 Å². The highest BCUT2D eigenvalue weighted by Crippen LogP contribution is 2.29. The van der Waals surface area contributed by atoms with E-state index >= 15 is 0 Å². The highest BCUT2D eigenvalue weighted by molar-refractivity contribution is 6.35. The van der Waals surface area contributed by atoms with Crippen molar-refractivity contribution in [3.63, 3.8) is 0 Å². The second kappa shape index (κ2) is 13.8. The van der Waals surface area contributed by atoms with Crippen LogP contribution in [0.3, 0.4) is 0 Å². The van der Waals surface area contributed by atoms with Crippen molar-refractivity contribution >= 4 is 35.1 Å². The van der Waals surface area contributed by atoms with Crippen LogP contribution < -0.4 is 9.80 Å². The fourth-order valence-corrected chi connectivity index (χ4v) is 6.53. The quantitative estimate of drug-likeness (QED) is 0.460. The van der Waals surface area contributed by atoms with E-state index in [1.165, 1.54) is 25.3 Å². The molecule has 8 heteroatoms. The van der Waals surface area contributed by atoms with Crippen LogP contribution in [0.4, 0.5) is 0 Å². The molecule has 0 bridgehead atoms. The third kappa shape index (κ3) is 8.44. The van der Waals surface area contributed by atoms with Crippen LogP contribution in [0.5, 0.6) is 0 Å². The molecule has 2 saturated heterocycles. The number of carbonyl (C=O) groups excluding carboxylic acids is 2. The second-order valence-corrected chi connectivity index (χ2v) is 11.9. The third-order valence-corrected chi connectivity index (χ3v) is 8.58. The maximum atomic E-state index is 11.7. The van der Waals surface area contributed by atoms with E-state index in [4.69, 9.17) is 32.7 Å². The van der Waals surface area contributed by atoms with Gasteiger partial charge in [0.15, 0.2) is 0 Å². The monoisotopic (exact) mass is 562 g/mol. The molecule has 0 radical (unpaired) electrons. The highest BCUT2D eigenvalue weighted by atomic mass is 35.5. The van der Waals surface area contributed by atoms with Gasteiger partial charge in [-0.25, -0.2) is 0 Å². The number of methoxy groups -OCH3 is 2. The molecule has 0 saturated carbocycles. The Hall–Kier alpha value is -2.12. The van der Waals surface area contributed by atoms with Gasteiger partial charge in [-0.1, -0.05) is 23.2 Å². The molecule has 6 nitrogen and oxygen atoms in total. The number of hydrogen-bond donors (Lipinski definition) is 2. The van der Waals surface area contributed by atoms with E-state index in [9.17, 15) is 9.59 Å². The molecule has 0 atom stereocenters. The van der Waals surface area contributed by atoms with Crippen LogP contribution in [0.2, 0.25) is 10.0 Å². The van der Waals surface area contributed by atoms with Crippen molar-refractivity contribution in [1.82, 2.24) is 0 Å². The average Bonchev–Trinajstić information content (AvgIpc) is 2.90. The fraction of sp³-hybridized carbons (Fsp3) is 0.533. The van der Waals surface area contributed by atoms with Crippen molar-refractivity contribution in [3.05, 3.63) is 57.6 Å². The van der Waals surface area contributed by atoms with Gasteiger partial charge in [-0.3, -0.25) is 9.59 Å². The molecule has 0 aliphatic carbocycles. The largest absolute Gasteiger partial charge is 0.469 e. The molecule has 0 unspecified atom stereocenters. The Morgan fingerprint density at radius 1 is 0.684 bits per heavy atom. The summed E-state index contributed by atoms with van der Waals surface area (Å²) in [4.78, 5) is 26.5. The van der Waals surface area contributed by atoms with Crippen LogP contribution in [0.15, 0.2) is 36.4 Å².